The number of thioether (sulfide) groups is 2. The van der Waals surface area contributed by atoms with Gasteiger partial charge in [-0.05, 0) is 75.5 Å². The first kappa shape index (κ1) is 31.2. The first-order valence-electron chi connectivity index (χ1n) is 12.5. The molecule has 0 amide bonds. The highest BCUT2D eigenvalue weighted by atomic mass is 32.2. The van der Waals surface area contributed by atoms with E-state index in [1.165, 1.54) is 23.5 Å². The minimum atomic E-state index is -2.70. The quantitative estimate of drug-likeness (QED) is 0.216. The van der Waals surface area contributed by atoms with Gasteiger partial charge in [0, 0.05) is 51.2 Å². The third kappa shape index (κ3) is 11.2. The Morgan fingerprint density at radius 1 is 0.697 bits per heavy atom. The van der Waals surface area contributed by atoms with Crippen LogP contribution in [0.3, 0.4) is 0 Å². The molecule has 33 heavy (non-hydrogen) atoms. The largest absolute Gasteiger partial charge is 0.500 e. The number of carbonyl (C=O) groups excluding carboxylic acids is 2. The Labute approximate surface area is 212 Å². The van der Waals surface area contributed by atoms with Gasteiger partial charge in [0.1, 0.15) is 0 Å². The molecule has 0 spiro atoms. The summed E-state index contributed by atoms with van der Waals surface area (Å²) < 4.78 is 18.4. The first-order valence-corrected chi connectivity index (χ1v) is 16.4. The summed E-state index contributed by atoms with van der Waals surface area (Å²) in [5.41, 5.74) is 0.462. The van der Waals surface area contributed by atoms with E-state index in [-0.39, 0.29) is 26.5 Å². The fourth-order valence-corrected chi connectivity index (χ4v) is 10.8. The van der Waals surface area contributed by atoms with Crippen LogP contribution in [0.5, 0.6) is 0 Å². The van der Waals surface area contributed by atoms with Crippen molar-refractivity contribution in [2.75, 3.05) is 31.3 Å². The lowest BCUT2D eigenvalue weighted by molar-refractivity contribution is -0.109. The molecule has 0 N–H and O–H groups in total. The number of hydrogen-bond acceptors (Lipinski definition) is 7. The van der Waals surface area contributed by atoms with Crippen molar-refractivity contribution >= 4 is 42.6 Å². The van der Waals surface area contributed by atoms with Crippen LogP contribution in [0.2, 0.25) is 6.04 Å². The van der Waals surface area contributed by atoms with Gasteiger partial charge in [-0.2, -0.15) is 0 Å². The molecule has 2 unspecified atom stereocenters. The summed E-state index contributed by atoms with van der Waals surface area (Å²) in [4.78, 5) is 23.1. The van der Waals surface area contributed by atoms with E-state index in [1.54, 1.807) is 13.8 Å². The Hall–Kier alpha value is 0.137. The van der Waals surface area contributed by atoms with E-state index in [0.717, 1.165) is 56.1 Å². The summed E-state index contributed by atoms with van der Waals surface area (Å²) in [7, 11) is -2.70. The Bertz CT molecular complexity index is 581. The van der Waals surface area contributed by atoms with E-state index in [9.17, 15) is 9.59 Å². The predicted octanol–water partition coefficient (Wildman–Crippen LogP) is 6.97. The molecule has 1 fully saturated rings. The zero-order valence-corrected chi connectivity index (χ0v) is 25.0. The van der Waals surface area contributed by atoms with Gasteiger partial charge in [0.15, 0.2) is 10.2 Å². The van der Waals surface area contributed by atoms with Crippen LogP contribution in [0.25, 0.3) is 0 Å². The Balaban J connectivity index is 3.08. The van der Waals surface area contributed by atoms with E-state index >= 15 is 0 Å². The lowest BCUT2D eigenvalue weighted by Crippen LogP contribution is -2.48. The lowest BCUT2D eigenvalue weighted by atomic mass is 9.52. The fourth-order valence-electron chi connectivity index (χ4n) is 6.15. The van der Waals surface area contributed by atoms with E-state index in [1.807, 2.05) is 20.8 Å². The van der Waals surface area contributed by atoms with Crippen LogP contribution < -0.4 is 0 Å². The minimum Gasteiger partial charge on any atom is -0.374 e. The topological polar surface area (TPSA) is 61.8 Å². The van der Waals surface area contributed by atoms with Crippen LogP contribution >= 0.6 is 23.5 Å². The molecule has 5 nitrogen and oxygen atoms in total. The van der Waals surface area contributed by atoms with Gasteiger partial charge in [0.25, 0.3) is 0 Å². The minimum absolute atomic E-state index is 0.132. The third-order valence-corrected chi connectivity index (χ3v) is 11.4. The van der Waals surface area contributed by atoms with Crippen molar-refractivity contribution in [1.82, 2.24) is 0 Å². The fraction of sp³-hybridized carbons (Fsp3) is 0.920. The zero-order valence-electron chi connectivity index (χ0n) is 22.3. The van der Waals surface area contributed by atoms with Crippen molar-refractivity contribution < 1.29 is 22.9 Å². The van der Waals surface area contributed by atoms with E-state index in [0.29, 0.717) is 19.8 Å². The van der Waals surface area contributed by atoms with Gasteiger partial charge in [0.05, 0.1) is 0 Å². The predicted molar refractivity (Wildman–Crippen MR) is 144 cm³/mol. The average Bonchev–Trinajstić information content (AvgIpc) is 2.65. The van der Waals surface area contributed by atoms with E-state index < -0.39 is 8.80 Å². The Kier molecular flexibility index (Phi) is 13.2. The van der Waals surface area contributed by atoms with Crippen LogP contribution in [0.4, 0.5) is 0 Å². The molecule has 8 heteroatoms. The smallest absolute Gasteiger partial charge is 0.374 e. The summed E-state index contributed by atoms with van der Waals surface area (Å²) in [6, 6.07) is 0.829. The normalized spacial score (nSPS) is 28.1. The molecule has 0 aromatic heterocycles. The molecular weight excluding hydrogens is 472 g/mol. The molecule has 0 saturated heterocycles. The molecule has 1 aliphatic carbocycles. The van der Waals surface area contributed by atoms with Crippen molar-refractivity contribution in [2.24, 2.45) is 16.2 Å². The van der Waals surface area contributed by atoms with Gasteiger partial charge in [0.2, 0.25) is 0 Å². The van der Waals surface area contributed by atoms with Crippen molar-refractivity contribution in [1.29, 1.82) is 0 Å². The van der Waals surface area contributed by atoms with Gasteiger partial charge in [-0.1, -0.05) is 44.3 Å². The maximum atomic E-state index is 11.5. The monoisotopic (exact) mass is 520 g/mol. The molecular formula is C25H48O5S2Si. The summed E-state index contributed by atoms with van der Waals surface area (Å²) in [5.74, 6) is 1.74. The van der Waals surface area contributed by atoms with Gasteiger partial charge in [-0.15, -0.1) is 0 Å². The molecule has 0 heterocycles. The Morgan fingerprint density at radius 3 is 1.33 bits per heavy atom. The van der Waals surface area contributed by atoms with Gasteiger partial charge in [-0.3, -0.25) is 9.59 Å². The molecule has 0 aromatic carbocycles. The second-order valence-electron chi connectivity index (χ2n) is 10.6. The van der Waals surface area contributed by atoms with Crippen LogP contribution in [0.1, 0.15) is 93.9 Å². The second-order valence-corrected chi connectivity index (χ2v) is 15.9. The van der Waals surface area contributed by atoms with Crippen molar-refractivity contribution in [3.63, 3.8) is 0 Å². The molecule has 194 valence electrons. The molecule has 0 aromatic rings. The number of hydrogen-bond donors (Lipinski definition) is 0. The second kappa shape index (κ2) is 14.0. The van der Waals surface area contributed by atoms with Gasteiger partial charge < -0.3 is 13.3 Å². The van der Waals surface area contributed by atoms with E-state index in [4.69, 9.17) is 13.3 Å². The highest BCUT2D eigenvalue weighted by Crippen LogP contribution is 2.59. The van der Waals surface area contributed by atoms with Crippen LogP contribution in [0.15, 0.2) is 0 Å². The molecule has 1 saturated carbocycles. The van der Waals surface area contributed by atoms with Gasteiger partial charge >= 0.3 is 8.80 Å². The molecule has 1 rings (SSSR count). The zero-order chi connectivity index (χ0) is 25.2. The third-order valence-electron chi connectivity index (χ3n) is 6.71. The summed E-state index contributed by atoms with van der Waals surface area (Å²) in [6.45, 7) is 18.4. The summed E-state index contributed by atoms with van der Waals surface area (Å²) in [5, 5.41) is 0.387. The number of rotatable bonds is 15. The number of carbonyl (C=O) groups is 2. The molecule has 1 aliphatic rings. The Morgan fingerprint density at radius 2 is 1.03 bits per heavy atom. The average molecular weight is 521 g/mol. The van der Waals surface area contributed by atoms with Crippen LogP contribution in [0, 0.1) is 16.2 Å². The maximum Gasteiger partial charge on any atom is 0.500 e. The molecule has 2 atom stereocenters. The van der Waals surface area contributed by atoms with Crippen molar-refractivity contribution in [3.05, 3.63) is 0 Å². The van der Waals surface area contributed by atoms with Crippen molar-refractivity contribution in [3.8, 4) is 0 Å². The highest BCUT2D eigenvalue weighted by molar-refractivity contribution is 8.13. The standard InChI is InChI=1S/C25H48O5S2Si/c1-9-28-33(29-10-2,30-11-3)17-14-25(8)19-23(6,12-15-31-21(4)26)18-24(7,20-25)13-16-32-22(5)27/h9-20H2,1-8H3. The maximum absolute atomic E-state index is 11.5. The summed E-state index contributed by atoms with van der Waals surface area (Å²) in [6.07, 6.45) is 6.47. The van der Waals surface area contributed by atoms with Crippen LogP contribution in [-0.2, 0) is 22.9 Å². The first-order chi connectivity index (χ1) is 15.3. The highest BCUT2D eigenvalue weighted by Gasteiger charge is 2.50. The molecule has 0 bridgehead atoms. The van der Waals surface area contributed by atoms with Crippen LogP contribution in [-0.4, -0.2) is 50.4 Å². The lowest BCUT2D eigenvalue weighted by Gasteiger charge is -2.54. The van der Waals surface area contributed by atoms with Gasteiger partial charge in [-0.25, -0.2) is 0 Å². The SMILES string of the molecule is CCO[Si](CCC1(C)CC(C)(CCSC(C)=O)CC(C)(CCSC(C)=O)C1)(OCC)OCC. The molecule has 0 radical (unpaired) electrons. The summed E-state index contributed by atoms with van der Waals surface area (Å²) >= 11 is 2.88. The van der Waals surface area contributed by atoms with E-state index in [2.05, 4.69) is 20.8 Å². The van der Waals surface area contributed by atoms with Crippen molar-refractivity contribution in [2.45, 2.75) is 100.0 Å². The molecule has 0 aliphatic heterocycles.